The number of carbonyl (C=O) groups is 3. The van der Waals surface area contributed by atoms with E-state index in [-0.39, 0.29) is 5.75 Å². The third-order valence-electron chi connectivity index (χ3n) is 3.16. The van der Waals surface area contributed by atoms with E-state index in [2.05, 4.69) is 10.3 Å². The lowest BCUT2D eigenvalue weighted by molar-refractivity contribution is -0.145. The number of benzene rings is 1. The summed E-state index contributed by atoms with van der Waals surface area (Å²) in [5, 5.41) is 2.35. The van der Waals surface area contributed by atoms with Crippen molar-refractivity contribution in [2.24, 2.45) is 10.7 Å². The van der Waals surface area contributed by atoms with Crippen molar-refractivity contribution in [3.05, 3.63) is 29.8 Å². The van der Waals surface area contributed by atoms with E-state index in [4.69, 9.17) is 10.5 Å². The SMILES string of the molecule is NC(=O)C1Oc2ccccc2C2(N=CNC2=O)C1=O. The molecule has 96 valence electrons. The van der Waals surface area contributed by atoms with Gasteiger partial charge in [0, 0.05) is 5.56 Å². The van der Waals surface area contributed by atoms with Crippen LogP contribution in [0, 0.1) is 0 Å². The first-order chi connectivity index (χ1) is 9.07. The third kappa shape index (κ3) is 1.32. The molecule has 2 atom stereocenters. The Morgan fingerprint density at radius 2 is 2.11 bits per heavy atom. The Morgan fingerprint density at radius 1 is 1.37 bits per heavy atom. The highest BCUT2D eigenvalue weighted by molar-refractivity contribution is 6.24. The van der Waals surface area contributed by atoms with Gasteiger partial charge in [0.05, 0.1) is 6.34 Å². The van der Waals surface area contributed by atoms with Crippen LogP contribution in [0.1, 0.15) is 5.56 Å². The Morgan fingerprint density at radius 3 is 2.74 bits per heavy atom. The van der Waals surface area contributed by atoms with E-state index in [9.17, 15) is 14.4 Å². The number of fused-ring (bicyclic) bond motifs is 2. The lowest BCUT2D eigenvalue weighted by Gasteiger charge is -2.33. The van der Waals surface area contributed by atoms with Crippen molar-refractivity contribution in [2.75, 3.05) is 0 Å². The highest BCUT2D eigenvalue weighted by Crippen LogP contribution is 2.41. The maximum absolute atomic E-state index is 12.4. The molecule has 19 heavy (non-hydrogen) atoms. The quantitative estimate of drug-likeness (QED) is 0.620. The van der Waals surface area contributed by atoms with Crippen molar-refractivity contribution in [1.29, 1.82) is 0 Å². The van der Waals surface area contributed by atoms with Crippen LogP contribution in [-0.2, 0) is 19.9 Å². The molecule has 0 aliphatic carbocycles. The van der Waals surface area contributed by atoms with Gasteiger partial charge in [-0.15, -0.1) is 0 Å². The van der Waals surface area contributed by atoms with Gasteiger partial charge in [-0.3, -0.25) is 14.4 Å². The maximum Gasteiger partial charge on any atom is 0.266 e. The molecule has 0 aromatic heterocycles. The highest BCUT2D eigenvalue weighted by Gasteiger charge is 2.58. The highest BCUT2D eigenvalue weighted by atomic mass is 16.5. The van der Waals surface area contributed by atoms with Gasteiger partial charge in [-0.1, -0.05) is 18.2 Å². The number of Topliss-reactive ketones (excluding diaryl/α,β-unsaturated/α-hetero) is 1. The zero-order valence-corrected chi connectivity index (χ0v) is 9.62. The second-order valence-corrected chi connectivity index (χ2v) is 4.20. The number of hydrogen-bond acceptors (Lipinski definition) is 5. The summed E-state index contributed by atoms with van der Waals surface area (Å²) in [6.45, 7) is 0. The van der Waals surface area contributed by atoms with E-state index >= 15 is 0 Å². The minimum atomic E-state index is -1.77. The van der Waals surface area contributed by atoms with Gasteiger partial charge < -0.3 is 15.8 Å². The number of primary amides is 1. The van der Waals surface area contributed by atoms with Crippen molar-refractivity contribution >= 4 is 23.9 Å². The molecule has 1 aromatic rings. The molecule has 1 aromatic carbocycles. The van der Waals surface area contributed by atoms with E-state index in [0.717, 1.165) is 6.34 Å². The van der Waals surface area contributed by atoms with Crippen LogP contribution in [0.5, 0.6) is 5.75 Å². The summed E-state index contributed by atoms with van der Waals surface area (Å²) < 4.78 is 5.26. The molecule has 7 heteroatoms. The monoisotopic (exact) mass is 259 g/mol. The summed E-state index contributed by atoms with van der Waals surface area (Å²) in [4.78, 5) is 39.6. The molecule has 7 nitrogen and oxygen atoms in total. The second kappa shape index (κ2) is 3.64. The van der Waals surface area contributed by atoms with Gasteiger partial charge in [0.15, 0.2) is 0 Å². The van der Waals surface area contributed by atoms with Crippen LogP contribution in [0.25, 0.3) is 0 Å². The Balaban J connectivity index is 2.27. The molecular formula is C12H9N3O4. The molecule has 0 saturated carbocycles. The smallest absolute Gasteiger partial charge is 0.266 e. The molecular weight excluding hydrogens is 250 g/mol. The zero-order valence-electron chi connectivity index (χ0n) is 9.62. The Labute approximate surface area is 107 Å². The standard InChI is InChI=1S/C12H9N3O4/c13-10(17)8-9(16)12(11(18)14-5-15-12)6-3-1-2-4-7(6)19-8/h1-5,8H,(H2,13,17)(H,14,15,18). The van der Waals surface area contributed by atoms with E-state index in [1.54, 1.807) is 24.3 Å². The number of aliphatic imine (C=N–C) groups is 1. The number of hydrogen-bond donors (Lipinski definition) is 2. The average Bonchev–Trinajstić information content (AvgIpc) is 2.77. The summed E-state index contributed by atoms with van der Waals surface area (Å²) in [7, 11) is 0. The number of ether oxygens (including phenoxy) is 1. The molecule has 1 spiro atoms. The Kier molecular flexibility index (Phi) is 2.19. The Hall–Kier alpha value is -2.70. The van der Waals surface area contributed by atoms with Crippen LogP contribution in [0.2, 0.25) is 0 Å². The van der Waals surface area contributed by atoms with Crippen LogP contribution in [-0.4, -0.2) is 30.0 Å². The summed E-state index contributed by atoms with van der Waals surface area (Å²) in [6, 6.07) is 6.44. The fraction of sp³-hybridized carbons (Fsp3) is 0.167. The predicted octanol–water partition coefficient (Wildman–Crippen LogP) is -1.14. The van der Waals surface area contributed by atoms with Crippen LogP contribution < -0.4 is 15.8 Å². The Bertz CT molecular complexity index is 640. The van der Waals surface area contributed by atoms with Crippen molar-refractivity contribution in [3.8, 4) is 5.75 Å². The topological polar surface area (TPSA) is 111 Å². The first kappa shape index (κ1) is 11.4. The van der Waals surface area contributed by atoms with Crippen LogP contribution in [0.3, 0.4) is 0 Å². The molecule has 3 N–H and O–H groups in total. The molecule has 3 rings (SSSR count). The fourth-order valence-corrected chi connectivity index (χ4v) is 2.28. The lowest BCUT2D eigenvalue weighted by atomic mass is 9.80. The number of nitrogens with two attached hydrogens (primary N) is 1. The van der Waals surface area contributed by atoms with Gasteiger partial charge in [0.1, 0.15) is 5.75 Å². The molecule has 0 radical (unpaired) electrons. The van der Waals surface area contributed by atoms with Crippen LogP contribution in [0.15, 0.2) is 29.3 Å². The van der Waals surface area contributed by atoms with Crippen molar-refractivity contribution in [2.45, 2.75) is 11.6 Å². The van der Waals surface area contributed by atoms with Gasteiger partial charge in [0.2, 0.25) is 17.4 Å². The zero-order chi connectivity index (χ0) is 13.6. The molecule has 0 fully saturated rings. The van der Waals surface area contributed by atoms with Gasteiger partial charge >= 0.3 is 0 Å². The number of ketones is 1. The van der Waals surface area contributed by atoms with Crippen molar-refractivity contribution in [3.63, 3.8) is 0 Å². The lowest BCUT2D eigenvalue weighted by Crippen LogP contribution is -2.56. The molecule has 2 aliphatic rings. The minimum absolute atomic E-state index is 0.250. The number of para-hydroxylation sites is 1. The molecule has 0 saturated heterocycles. The summed E-state index contributed by atoms with van der Waals surface area (Å²) in [5.41, 5.74) is 3.68. The molecule has 2 unspecified atom stereocenters. The number of amides is 2. The van der Waals surface area contributed by atoms with Gasteiger partial charge in [-0.25, -0.2) is 4.99 Å². The normalized spacial score (nSPS) is 27.9. The summed E-state index contributed by atoms with van der Waals surface area (Å²) in [5.74, 6) is -2.08. The van der Waals surface area contributed by atoms with E-state index in [1.807, 2.05) is 0 Å². The van der Waals surface area contributed by atoms with Gasteiger partial charge in [0.25, 0.3) is 11.8 Å². The minimum Gasteiger partial charge on any atom is -0.472 e. The first-order valence-electron chi connectivity index (χ1n) is 5.52. The van der Waals surface area contributed by atoms with Crippen molar-refractivity contribution < 1.29 is 19.1 Å². The van der Waals surface area contributed by atoms with Crippen LogP contribution >= 0.6 is 0 Å². The number of carbonyl (C=O) groups excluding carboxylic acids is 3. The fourth-order valence-electron chi connectivity index (χ4n) is 2.28. The summed E-state index contributed by atoms with van der Waals surface area (Å²) >= 11 is 0. The predicted molar refractivity (Wildman–Crippen MR) is 63.4 cm³/mol. The van der Waals surface area contributed by atoms with Crippen LogP contribution in [0.4, 0.5) is 0 Å². The molecule has 0 bridgehead atoms. The first-order valence-corrected chi connectivity index (χ1v) is 5.52. The van der Waals surface area contributed by atoms with Gasteiger partial charge in [-0.05, 0) is 6.07 Å². The average molecular weight is 259 g/mol. The molecule has 2 aliphatic heterocycles. The molecule has 2 heterocycles. The van der Waals surface area contributed by atoms with E-state index in [0.29, 0.717) is 5.56 Å². The maximum atomic E-state index is 12.4. The van der Waals surface area contributed by atoms with Crippen molar-refractivity contribution in [1.82, 2.24) is 5.32 Å². The van der Waals surface area contributed by atoms with Gasteiger partial charge in [-0.2, -0.15) is 0 Å². The number of nitrogens with one attached hydrogen (secondary N) is 1. The summed E-state index contributed by atoms with van der Waals surface area (Å²) in [6.07, 6.45) is -0.378. The number of rotatable bonds is 1. The van der Waals surface area contributed by atoms with E-state index in [1.165, 1.54) is 0 Å². The molecule has 2 amide bonds. The second-order valence-electron chi connectivity index (χ2n) is 4.20. The van der Waals surface area contributed by atoms with E-state index < -0.39 is 29.2 Å². The largest absolute Gasteiger partial charge is 0.472 e. The number of nitrogens with zero attached hydrogens (tertiary/aromatic N) is 1. The third-order valence-corrected chi connectivity index (χ3v) is 3.16.